The molecule has 0 saturated heterocycles. The molecule has 2 aliphatic rings. The summed E-state index contributed by atoms with van der Waals surface area (Å²) in [4.78, 5) is 4.50. The molecule has 6 nitrogen and oxygen atoms in total. The Hall–Kier alpha value is -11.1. The van der Waals surface area contributed by atoms with Gasteiger partial charge in [0.2, 0.25) is 0 Å². The molecular formula is C86H69BN6. The van der Waals surface area contributed by atoms with Gasteiger partial charge in [-0.05, 0) is 162 Å². The summed E-state index contributed by atoms with van der Waals surface area (Å²) in [6.45, 7) is 19.7. The van der Waals surface area contributed by atoms with Crippen LogP contribution in [0.5, 0.6) is 0 Å². The SMILES string of the molecule is [2H]c1c([2H])c([2H])c(-c2ccc3c(c2)N(c2cccc(-n4c5ccccc5c5ccccc54)c2C#N)c2cc(-c4cccc(C(C)(C)C)c4)cc4c2B3c2ccc(-c3cc(C(C)(C)C)cc(C(C)(C)C)c3)cc2N4c2cc(-n3c4ccccc4c4ccccc43)ccc2C#N)c([2H])c1[2H]. The van der Waals surface area contributed by atoms with Crippen molar-refractivity contribution >= 4 is 101 Å². The number of hydrogen-bond donors (Lipinski definition) is 0. The third kappa shape index (κ3) is 9.20. The molecule has 7 heteroatoms. The van der Waals surface area contributed by atoms with Crippen LogP contribution in [0.15, 0.2) is 255 Å². The molecular weight excluding hydrogens is 1130 g/mol. The molecule has 0 atom stereocenters. The number of nitrogens with zero attached hydrogens (tertiary/aromatic N) is 6. The van der Waals surface area contributed by atoms with Crippen molar-refractivity contribution in [3.05, 3.63) is 282 Å². The van der Waals surface area contributed by atoms with Crippen molar-refractivity contribution in [1.82, 2.24) is 9.13 Å². The van der Waals surface area contributed by atoms with E-state index in [1.165, 1.54) is 11.1 Å². The summed E-state index contributed by atoms with van der Waals surface area (Å²) >= 11 is 0. The van der Waals surface area contributed by atoms with Crippen molar-refractivity contribution in [1.29, 1.82) is 10.5 Å². The predicted octanol–water partition coefficient (Wildman–Crippen LogP) is 20.6. The third-order valence-electron chi connectivity index (χ3n) is 19.3. The van der Waals surface area contributed by atoms with Gasteiger partial charge in [0, 0.05) is 50.0 Å². The van der Waals surface area contributed by atoms with Crippen LogP contribution in [0.3, 0.4) is 0 Å². The van der Waals surface area contributed by atoms with Gasteiger partial charge in [-0.15, -0.1) is 0 Å². The summed E-state index contributed by atoms with van der Waals surface area (Å²) in [7, 11) is 0. The summed E-state index contributed by atoms with van der Waals surface area (Å²) in [5, 5.41) is 28.3. The number of anilines is 6. The van der Waals surface area contributed by atoms with Crippen molar-refractivity contribution in [3.8, 4) is 56.9 Å². The van der Waals surface area contributed by atoms with Gasteiger partial charge in [-0.1, -0.05) is 238 Å². The average molecular weight is 1200 g/mol. The smallest absolute Gasteiger partial charge is 0.252 e. The van der Waals surface area contributed by atoms with E-state index in [4.69, 9.17) is 4.11 Å². The van der Waals surface area contributed by atoms with Crippen LogP contribution in [0, 0.1) is 22.7 Å². The molecule has 0 saturated carbocycles. The summed E-state index contributed by atoms with van der Waals surface area (Å²) < 4.78 is 50.0. The first-order valence-electron chi connectivity index (χ1n) is 34.5. The number of nitriles is 2. The zero-order valence-corrected chi connectivity index (χ0v) is 53.6. The first kappa shape index (κ1) is 51.6. The minimum absolute atomic E-state index is 0.0664. The normalized spacial score (nSPS) is 13.7. The number of rotatable bonds is 7. The number of hydrogen-bond acceptors (Lipinski definition) is 4. The fourth-order valence-corrected chi connectivity index (χ4v) is 14.6. The van der Waals surface area contributed by atoms with Crippen LogP contribution < -0.4 is 26.2 Å². The number of fused-ring (bicyclic) bond motifs is 10. The molecule has 0 radical (unpaired) electrons. The second-order valence-electron chi connectivity index (χ2n) is 28.0. The van der Waals surface area contributed by atoms with Crippen molar-refractivity contribution in [2.24, 2.45) is 0 Å². The lowest BCUT2D eigenvalue weighted by molar-refractivity contribution is 0.569. The van der Waals surface area contributed by atoms with E-state index in [0.717, 1.165) is 111 Å². The van der Waals surface area contributed by atoms with Crippen LogP contribution in [0.2, 0.25) is 0 Å². The Labute approximate surface area is 552 Å². The number of benzene rings is 12. The van der Waals surface area contributed by atoms with Crippen LogP contribution >= 0.6 is 0 Å². The summed E-state index contributed by atoms with van der Waals surface area (Å²) in [6.07, 6.45) is 0. The molecule has 0 unspecified atom stereocenters. The van der Waals surface area contributed by atoms with Crippen LogP contribution in [0.25, 0.3) is 88.4 Å². The van der Waals surface area contributed by atoms with E-state index in [-0.39, 0.29) is 33.9 Å². The quantitative estimate of drug-likeness (QED) is 0.149. The van der Waals surface area contributed by atoms with Crippen LogP contribution in [0.1, 0.15) is 97.0 Å². The van der Waals surface area contributed by atoms with Gasteiger partial charge in [0.25, 0.3) is 6.71 Å². The van der Waals surface area contributed by atoms with E-state index in [9.17, 15) is 13.3 Å². The summed E-state index contributed by atoms with van der Waals surface area (Å²) in [5.74, 6) is 0. The maximum Gasteiger partial charge on any atom is 0.252 e. The maximum absolute atomic E-state index is 12.2. The number of para-hydroxylation sites is 4. The van der Waals surface area contributed by atoms with E-state index in [0.29, 0.717) is 39.4 Å². The van der Waals surface area contributed by atoms with Gasteiger partial charge in [0.15, 0.2) is 0 Å². The summed E-state index contributed by atoms with van der Waals surface area (Å²) in [6, 6.07) is 82.1. The molecule has 16 rings (SSSR count). The molecule has 12 aromatic carbocycles. The van der Waals surface area contributed by atoms with Gasteiger partial charge < -0.3 is 18.9 Å². The van der Waals surface area contributed by atoms with Gasteiger partial charge >= 0.3 is 0 Å². The molecule has 0 N–H and O–H groups in total. The molecule has 446 valence electrons. The molecule has 0 aliphatic carbocycles. The van der Waals surface area contributed by atoms with Gasteiger partial charge in [-0.2, -0.15) is 10.5 Å². The first-order valence-corrected chi connectivity index (χ1v) is 32.0. The minimum Gasteiger partial charge on any atom is -0.310 e. The zero-order valence-electron chi connectivity index (χ0n) is 58.6. The second kappa shape index (κ2) is 21.2. The number of aromatic nitrogens is 2. The Kier molecular flexibility index (Phi) is 11.8. The molecule has 2 aromatic heterocycles. The van der Waals surface area contributed by atoms with Gasteiger partial charge in [-0.3, -0.25) is 0 Å². The molecule has 4 heterocycles. The standard InChI is InChI=1S/C86H69BN6/c1-84(2,3)61-26-21-25-55(43-61)60-48-81-83-82(49-60)93(78-51-64(40-37-58(78)52-88)90-72-31-17-13-27-65(72)66-28-14-18-32-73(66)90)80-47-57(59-44-62(85(4,5)6)50-63(45-59)86(7,8)9)39-42-71(80)87(83)70-41-38-56(54-23-11-10-12-24-54)46-79(70)92(81)77-36-22-35-76(69(77)53-89)91-74-33-19-15-29-67(74)68-30-16-20-34-75(68)91/h10-51H,1-9H3/i10D,11D,12D,23D,24D. The highest BCUT2D eigenvalue weighted by atomic mass is 15.2. The molecule has 2 aliphatic heterocycles. The Balaban J connectivity index is 1.06. The Bertz CT molecular complexity index is 5680. The van der Waals surface area contributed by atoms with Crippen molar-refractivity contribution < 1.29 is 6.85 Å². The summed E-state index contributed by atoms with van der Waals surface area (Å²) in [5.41, 5.74) is 20.8. The van der Waals surface area contributed by atoms with Crippen LogP contribution in [-0.2, 0) is 16.2 Å². The fraction of sp³-hybridized carbons (Fsp3) is 0.140. The van der Waals surface area contributed by atoms with E-state index in [1.807, 2.05) is 60.7 Å². The van der Waals surface area contributed by atoms with E-state index >= 15 is 0 Å². The van der Waals surface area contributed by atoms with Crippen LogP contribution in [0.4, 0.5) is 34.1 Å². The lowest BCUT2D eigenvalue weighted by Crippen LogP contribution is -2.61. The Morgan fingerprint density at radius 2 is 0.796 bits per heavy atom. The molecule has 0 fully saturated rings. The topological polar surface area (TPSA) is 63.9 Å². The van der Waals surface area contributed by atoms with Crippen molar-refractivity contribution in [2.45, 2.75) is 78.6 Å². The van der Waals surface area contributed by atoms with Crippen molar-refractivity contribution in [2.75, 3.05) is 9.80 Å². The highest BCUT2D eigenvalue weighted by molar-refractivity contribution is 7.00. The predicted molar refractivity (Wildman–Crippen MR) is 391 cm³/mol. The lowest BCUT2D eigenvalue weighted by Gasteiger charge is -2.45. The monoisotopic (exact) mass is 1200 g/mol. The largest absolute Gasteiger partial charge is 0.310 e. The molecule has 0 bridgehead atoms. The molecule has 93 heavy (non-hydrogen) atoms. The molecule has 0 amide bonds. The van der Waals surface area contributed by atoms with Crippen molar-refractivity contribution in [3.63, 3.8) is 0 Å². The van der Waals surface area contributed by atoms with E-state index in [2.05, 4.69) is 257 Å². The first-order chi connectivity index (χ1) is 47.0. The highest BCUT2D eigenvalue weighted by Gasteiger charge is 2.45. The highest BCUT2D eigenvalue weighted by Crippen LogP contribution is 2.51. The maximum atomic E-state index is 12.2. The molecule has 14 aromatic rings. The molecule has 0 spiro atoms. The lowest BCUT2D eigenvalue weighted by atomic mass is 9.33. The third-order valence-corrected chi connectivity index (χ3v) is 19.3. The van der Waals surface area contributed by atoms with E-state index in [1.54, 1.807) is 0 Å². The fourth-order valence-electron chi connectivity index (χ4n) is 14.6. The van der Waals surface area contributed by atoms with E-state index < -0.39 is 24.8 Å². The van der Waals surface area contributed by atoms with Gasteiger partial charge in [0.1, 0.15) is 17.7 Å². The zero-order chi connectivity index (χ0) is 68.2. The van der Waals surface area contributed by atoms with Gasteiger partial charge in [0.05, 0.1) is 51.5 Å². The average Bonchev–Trinajstić information content (AvgIpc) is 0.933. The Morgan fingerprint density at radius 3 is 1.32 bits per heavy atom. The second-order valence-corrected chi connectivity index (χ2v) is 28.0. The minimum atomic E-state index is -0.515. The Morgan fingerprint density at radius 1 is 0.344 bits per heavy atom. The van der Waals surface area contributed by atoms with Gasteiger partial charge in [-0.25, -0.2) is 0 Å². The van der Waals surface area contributed by atoms with Crippen LogP contribution in [-0.4, -0.2) is 15.8 Å².